The summed E-state index contributed by atoms with van der Waals surface area (Å²) < 4.78 is 241. The van der Waals surface area contributed by atoms with Crippen molar-refractivity contribution in [3.8, 4) is 0 Å². The zero-order valence-electron chi connectivity index (χ0n) is 59.6. The van der Waals surface area contributed by atoms with Crippen molar-refractivity contribution >= 4 is 119 Å². The Kier molecular flexibility index (Phi) is 31.3. The monoisotopic (exact) mass is 1620 g/mol. The number of ether oxygens (including phenoxy) is 10. The SMILES string of the molecule is COCCOCCOCCOCCOCCOCC[N+]1=C(/C=C/C2=C(Cl)C(=C/C=C3/N(CCCC(=O)ON4C(=O)CCC4=O)c4ccc5c(S(=O)(=O)[O-])cc(S(=O)(=O)O)cc5c4C3(C)CCOCCOCCOCCOC)/CCC2)C(C)(CCCS(=O)(=O)O)c2c1ccc1c(S(=O)(=O)O)cc(S(=O)(=O)O)cc21. The molecular formula is C69H90ClN3O29S5. The van der Waals surface area contributed by atoms with Crippen LogP contribution in [-0.2, 0) is 128 Å². The maximum Gasteiger partial charge on any atom is 0.333 e. The zero-order chi connectivity index (χ0) is 78.0. The van der Waals surface area contributed by atoms with Crippen LogP contribution in [0.25, 0.3) is 21.5 Å². The Morgan fingerprint density at radius 3 is 1.57 bits per heavy atom. The number of methoxy groups -OCH3 is 2. The van der Waals surface area contributed by atoms with Gasteiger partial charge < -0.3 is 61.7 Å². The number of imide groups is 1. The summed E-state index contributed by atoms with van der Waals surface area (Å²) in [4.78, 5) is 41.6. The Labute approximate surface area is 627 Å². The van der Waals surface area contributed by atoms with Crippen molar-refractivity contribution in [3.63, 3.8) is 0 Å². The average Bonchev–Trinajstić information content (AvgIpc) is 1.58. The number of hydrogen-bond donors (Lipinski definition) is 4. The summed E-state index contributed by atoms with van der Waals surface area (Å²) >= 11 is 7.52. The van der Waals surface area contributed by atoms with Crippen molar-refractivity contribution < 1.29 is 136 Å². The highest BCUT2D eigenvalue weighted by atomic mass is 35.5. The Balaban J connectivity index is 1.20. The second-order valence-corrected chi connectivity index (χ2v) is 33.2. The van der Waals surface area contributed by atoms with Crippen molar-refractivity contribution in [1.29, 1.82) is 0 Å². The zero-order valence-corrected chi connectivity index (χ0v) is 64.4. The van der Waals surface area contributed by atoms with Crippen molar-refractivity contribution in [2.75, 3.05) is 157 Å². The number of fused-ring (bicyclic) bond motifs is 6. The molecule has 2 unspecified atom stereocenters. The molecule has 4 aromatic carbocycles. The normalized spacial score (nSPS) is 19.0. The number of amides is 2. The minimum Gasteiger partial charge on any atom is -0.744 e. The molecule has 107 heavy (non-hydrogen) atoms. The van der Waals surface area contributed by atoms with E-state index in [0.29, 0.717) is 123 Å². The van der Waals surface area contributed by atoms with E-state index in [1.54, 1.807) is 67.9 Å². The fourth-order valence-corrected chi connectivity index (χ4v) is 16.8. The molecule has 592 valence electrons. The first kappa shape index (κ1) is 86.5. The van der Waals surface area contributed by atoms with E-state index in [0.717, 1.165) is 12.1 Å². The minimum atomic E-state index is -5.45. The maximum atomic E-state index is 13.4. The van der Waals surface area contributed by atoms with E-state index in [-0.39, 0.29) is 162 Å². The molecule has 4 aliphatic rings. The number of hydroxylamine groups is 2. The van der Waals surface area contributed by atoms with Gasteiger partial charge in [0, 0.05) is 91.6 Å². The van der Waals surface area contributed by atoms with Crippen LogP contribution in [0.15, 0.2) is 114 Å². The number of nitrogens with zero attached hydrogens (tertiary/aromatic N) is 3. The summed E-state index contributed by atoms with van der Waals surface area (Å²) in [6.45, 7) is 8.06. The standard InChI is InChI=1S/C69H90ClN3O29S5/c1-68(21-7-43-103(77,78)79)60(72(24-26-95-32-34-99-39-40-101-42-41-100-38-36-97-30-28-93-4)57-16-14-52-54(65(57)68)44-50(104(80,81)82)46-58(52)106(86,87)88)17-11-48-8-5-9-49(67(48)70)12-18-61-69(2,22-25-94-31-33-98-37-35-96-29-27-92-3)66-55-45-51(105(83,84)85)47-59(107(89,90)91)53(55)13-15-56(66)71(61)23-6-10-64(76)102-73-62(74)19-20-63(73)75/h11-18,44-47H,5-10,19-43H2,1-4H3,(H4-,77,78,79,80,81,82,83,84,85,86,87,88,89,90,91). The molecule has 2 atom stereocenters. The predicted molar refractivity (Wildman–Crippen MR) is 386 cm³/mol. The van der Waals surface area contributed by atoms with E-state index in [9.17, 15) is 79.2 Å². The molecule has 0 radical (unpaired) electrons. The van der Waals surface area contributed by atoms with Crippen molar-refractivity contribution in [2.45, 2.75) is 108 Å². The van der Waals surface area contributed by atoms with Gasteiger partial charge >= 0.3 is 5.97 Å². The smallest absolute Gasteiger partial charge is 0.333 e. The lowest BCUT2D eigenvalue weighted by atomic mass is 9.74. The molecule has 38 heteroatoms. The highest BCUT2D eigenvalue weighted by Gasteiger charge is 2.50. The van der Waals surface area contributed by atoms with Crippen LogP contribution in [0, 0.1) is 0 Å². The van der Waals surface area contributed by atoms with Gasteiger partial charge in [-0.15, -0.1) is 5.06 Å². The fourth-order valence-electron chi connectivity index (χ4n) is 13.3. The van der Waals surface area contributed by atoms with Crippen LogP contribution in [0.1, 0.15) is 89.2 Å². The second kappa shape index (κ2) is 38.7. The molecule has 3 aliphatic heterocycles. The van der Waals surface area contributed by atoms with Gasteiger partial charge in [0.15, 0.2) is 12.3 Å². The van der Waals surface area contributed by atoms with Gasteiger partial charge in [0.05, 0.1) is 132 Å². The second-order valence-electron chi connectivity index (χ2n) is 25.6. The third-order valence-electron chi connectivity index (χ3n) is 18.3. The summed E-state index contributed by atoms with van der Waals surface area (Å²) in [5.74, 6) is -3.06. The Morgan fingerprint density at radius 1 is 0.561 bits per heavy atom. The Morgan fingerprint density at radius 2 is 1.06 bits per heavy atom. The van der Waals surface area contributed by atoms with Gasteiger partial charge in [-0.1, -0.05) is 29.8 Å². The summed E-state index contributed by atoms with van der Waals surface area (Å²) in [5, 5.41) is 0.225. The molecule has 0 aromatic heterocycles. The molecule has 4 aromatic rings. The molecule has 8 rings (SSSR count). The molecule has 1 fully saturated rings. The van der Waals surface area contributed by atoms with Crippen LogP contribution in [0.5, 0.6) is 0 Å². The van der Waals surface area contributed by atoms with Gasteiger partial charge in [-0.05, 0) is 134 Å². The summed E-state index contributed by atoms with van der Waals surface area (Å²) in [7, 11) is -22.5. The van der Waals surface area contributed by atoms with Gasteiger partial charge in [-0.25, -0.2) is 13.2 Å². The van der Waals surface area contributed by atoms with Crippen LogP contribution < -0.4 is 4.90 Å². The van der Waals surface area contributed by atoms with Crippen LogP contribution in [0.2, 0.25) is 0 Å². The summed E-state index contributed by atoms with van der Waals surface area (Å²) in [5.41, 5.74) is 0.471. The molecule has 1 aliphatic carbocycles. The highest BCUT2D eigenvalue weighted by Crippen LogP contribution is 2.55. The van der Waals surface area contributed by atoms with Gasteiger partial charge in [-0.3, -0.25) is 27.8 Å². The molecule has 0 spiro atoms. The molecule has 1 saturated heterocycles. The van der Waals surface area contributed by atoms with Gasteiger partial charge in [0.25, 0.3) is 52.3 Å². The number of rotatable bonds is 46. The summed E-state index contributed by atoms with van der Waals surface area (Å²) in [6, 6.07) is 9.03. The Hall–Kier alpha value is -6.12. The van der Waals surface area contributed by atoms with Crippen LogP contribution in [-0.4, -0.2) is 250 Å². The van der Waals surface area contributed by atoms with E-state index in [2.05, 4.69) is 0 Å². The van der Waals surface area contributed by atoms with Gasteiger partial charge in [0.1, 0.15) is 21.6 Å². The topological polar surface area (TPSA) is 437 Å². The molecule has 32 nitrogen and oxygen atoms in total. The number of carbonyl (C=O) groups is 3. The van der Waals surface area contributed by atoms with E-state index < -0.39 is 105 Å². The van der Waals surface area contributed by atoms with E-state index in [1.165, 1.54) is 18.2 Å². The highest BCUT2D eigenvalue weighted by molar-refractivity contribution is 7.87. The number of carbonyl (C=O) groups excluding carboxylic acids is 3. The number of halogens is 1. The molecule has 2 amide bonds. The molecule has 0 saturated carbocycles. The van der Waals surface area contributed by atoms with Crippen molar-refractivity contribution in [1.82, 2.24) is 5.06 Å². The maximum absolute atomic E-state index is 13.4. The number of hydrogen-bond acceptors (Lipinski definition) is 26. The lowest BCUT2D eigenvalue weighted by Crippen LogP contribution is -2.33. The number of anilines is 1. The van der Waals surface area contributed by atoms with Gasteiger partial charge in [-0.2, -0.15) is 38.2 Å². The molecular weight excluding hydrogens is 1530 g/mol. The first-order valence-electron chi connectivity index (χ1n) is 34.3. The quantitative estimate of drug-likeness (QED) is 0.0155. The van der Waals surface area contributed by atoms with Gasteiger partial charge in [0.2, 0.25) is 5.69 Å². The third-order valence-corrected chi connectivity index (χ3v) is 23.0. The molecule has 0 bridgehead atoms. The van der Waals surface area contributed by atoms with Crippen LogP contribution in [0.4, 0.5) is 11.4 Å². The largest absolute Gasteiger partial charge is 0.744 e. The number of benzene rings is 4. The number of allylic oxidation sites excluding steroid dienone is 8. The minimum absolute atomic E-state index is 0.00193. The first-order chi connectivity index (χ1) is 50.6. The average molecular weight is 1620 g/mol. The molecule has 3 heterocycles. The van der Waals surface area contributed by atoms with Crippen molar-refractivity contribution in [2.24, 2.45) is 0 Å². The molecule has 4 N–H and O–H groups in total. The van der Waals surface area contributed by atoms with Crippen molar-refractivity contribution in [3.05, 3.63) is 106 Å². The van der Waals surface area contributed by atoms with E-state index >= 15 is 0 Å². The summed E-state index contributed by atoms with van der Waals surface area (Å²) in [6.07, 6.45) is 7.21. The Bertz CT molecular complexity index is 4640. The van der Waals surface area contributed by atoms with Crippen LogP contribution >= 0.6 is 11.6 Å². The third kappa shape index (κ3) is 23.0. The lowest BCUT2D eigenvalue weighted by Gasteiger charge is -2.31. The predicted octanol–water partition coefficient (Wildman–Crippen LogP) is 6.69. The fraction of sp³-hybridized carbons (Fsp3) is 0.536. The van der Waals surface area contributed by atoms with E-state index in [1.807, 2.05) is 0 Å². The lowest BCUT2D eigenvalue weighted by molar-refractivity contribution is -0.442. The van der Waals surface area contributed by atoms with E-state index in [4.69, 9.17) is 63.8 Å². The first-order valence-corrected chi connectivity index (χ1v) is 42.0. The van der Waals surface area contributed by atoms with Crippen LogP contribution in [0.3, 0.4) is 0 Å².